The van der Waals surface area contributed by atoms with Crippen LogP contribution in [0, 0.1) is 0 Å². The Morgan fingerprint density at radius 2 is 2.15 bits per heavy atom. The fraction of sp³-hybridized carbons (Fsp3) is 0.857. The number of aliphatic hydroxyl groups is 1. The molecule has 0 spiro atoms. The lowest BCUT2D eigenvalue weighted by Gasteiger charge is -2.17. The average molecular weight is 214 g/mol. The van der Waals surface area contributed by atoms with Crippen molar-refractivity contribution in [2.75, 3.05) is 12.0 Å². The minimum absolute atomic E-state index is 0.194. The third kappa shape index (κ3) is 3.91. The SMILES string of the molecule is CSCCCC(O)C(F)(F)C(=O)O. The van der Waals surface area contributed by atoms with Crippen LogP contribution in [0.1, 0.15) is 12.8 Å². The lowest BCUT2D eigenvalue weighted by Crippen LogP contribution is -2.41. The van der Waals surface area contributed by atoms with E-state index in [1.54, 1.807) is 0 Å². The molecule has 0 aliphatic heterocycles. The molecular weight excluding hydrogens is 202 g/mol. The Balaban J connectivity index is 3.94. The van der Waals surface area contributed by atoms with Gasteiger partial charge in [0.25, 0.3) is 0 Å². The summed E-state index contributed by atoms with van der Waals surface area (Å²) in [6.45, 7) is 0. The van der Waals surface area contributed by atoms with Gasteiger partial charge in [0.1, 0.15) is 6.10 Å². The van der Waals surface area contributed by atoms with Gasteiger partial charge in [-0.25, -0.2) is 4.79 Å². The van der Waals surface area contributed by atoms with Crippen molar-refractivity contribution < 1.29 is 23.8 Å². The van der Waals surface area contributed by atoms with Gasteiger partial charge in [0.15, 0.2) is 0 Å². The molecule has 6 heteroatoms. The fourth-order valence-corrected chi connectivity index (χ4v) is 1.20. The summed E-state index contributed by atoms with van der Waals surface area (Å²) in [4.78, 5) is 9.98. The maximum absolute atomic E-state index is 12.5. The number of alkyl halides is 2. The highest BCUT2D eigenvalue weighted by molar-refractivity contribution is 7.98. The number of hydrogen-bond donors (Lipinski definition) is 2. The van der Waals surface area contributed by atoms with E-state index < -0.39 is 18.0 Å². The minimum atomic E-state index is -4.03. The van der Waals surface area contributed by atoms with E-state index in [0.29, 0.717) is 12.2 Å². The van der Waals surface area contributed by atoms with Gasteiger partial charge >= 0.3 is 11.9 Å². The monoisotopic (exact) mass is 214 g/mol. The molecule has 13 heavy (non-hydrogen) atoms. The predicted octanol–water partition coefficient (Wildman–Crippen LogP) is 1.21. The molecule has 0 aromatic carbocycles. The van der Waals surface area contributed by atoms with Crippen molar-refractivity contribution >= 4 is 17.7 Å². The first kappa shape index (κ1) is 12.6. The second kappa shape index (κ2) is 5.39. The Hall–Kier alpha value is -0.360. The average Bonchev–Trinajstić information content (AvgIpc) is 2.04. The Labute approximate surface area is 79.1 Å². The van der Waals surface area contributed by atoms with Crippen molar-refractivity contribution in [3.05, 3.63) is 0 Å². The van der Waals surface area contributed by atoms with Gasteiger partial charge < -0.3 is 10.2 Å². The van der Waals surface area contributed by atoms with E-state index in [0.717, 1.165) is 0 Å². The third-order valence-electron chi connectivity index (χ3n) is 1.53. The predicted molar refractivity (Wildman–Crippen MR) is 46.2 cm³/mol. The molecule has 0 aromatic heterocycles. The smallest absolute Gasteiger partial charge is 0.377 e. The second-order valence-electron chi connectivity index (χ2n) is 2.58. The zero-order valence-electron chi connectivity index (χ0n) is 7.17. The summed E-state index contributed by atoms with van der Waals surface area (Å²) < 4.78 is 25.0. The van der Waals surface area contributed by atoms with E-state index in [1.165, 1.54) is 11.8 Å². The molecule has 3 nitrogen and oxygen atoms in total. The zero-order chi connectivity index (χ0) is 10.5. The molecule has 0 aliphatic carbocycles. The molecule has 78 valence electrons. The van der Waals surface area contributed by atoms with Crippen LogP contribution in [-0.4, -0.2) is 40.2 Å². The first-order chi connectivity index (χ1) is 5.92. The summed E-state index contributed by atoms with van der Waals surface area (Å²) in [6.07, 6.45) is -0.0929. The van der Waals surface area contributed by atoms with Crippen LogP contribution in [-0.2, 0) is 4.79 Å². The van der Waals surface area contributed by atoms with E-state index in [1.807, 2.05) is 6.26 Å². The minimum Gasteiger partial charge on any atom is -0.477 e. The summed E-state index contributed by atoms with van der Waals surface area (Å²) in [5, 5.41) is 16.9. The molecule has 0 aliphatic rings. The molecule has 0 radical (unpaired) electrons. The number of thioether (sulfide) groups is 1. The van der Waals surface area contributed by atoms with Crippen LogP contribution in [0.3, 0.4) is 0 Å². The number of halogens is 2. The molecule has 2 N–H and O–H groups in total. The quantitative estimate of drug-likeness (QED) is 0.652. The lowest BCUT2D eigenvalue weighted by molar-refractivity contribution is -0.182. The molecule has 1 unspecified atom stereocenters. The third-order valence-corrected chi connectivity index (χ3v) is 2.23. The van der Waals surface area contributed by atoms with Gasteiger partial charge in [-0.15, -0.1) is 0 Å². The van der Waals surface area contributed by atoms with Crippen LogP contribution in [0.15, 0.2) is 0 Å². The van der Waals surface area contributed by atoms with Crippen LogP contribution >= 0.6 is 11.8 Å². The molecule has 0 heterocycles. The number of carboxylic acid groups (broad SMARTS) is 1. The second-order valence-corrected chi connectivity index (χ2v) is 3.56. The Morgan fingerprint density at radius 1 is 1.62 bits per heavy atom. The normalized spacial score (nSPS) is 14.2. The summed E-state index contributed by atoms with van der Waals surface area (Å²) in [7, 11) is 0. The van der Waals surface area contributed by atoms with Gasteiger partial charge in [0.2, 0.25) is 0 Å². The van der Waals surface area contributed by atoms with Crippen molar-refractivity contribution in [3.63, 3.8) is 0 Å². The lowest BCUT2D eigenvalue weighted by atomic mass is 10.1. The van der Waals surface area contributed by atoms with Gasteiger partial charge in [-0.05, 0) is 24.9 Å². The van der Waals surface area contributed by atoms with Crippen LogP contribution in [0.2, 0.25) is 0 Å². The van der Waals surface area contributed by atoms with Crippen molar-refractivity contribution in [3.8, 4) is 0 Å². The number of carbonyl (C=O) groups is 1. The fourth-order valence-electron chi connectivity index (χ4n) is 0.745. The highest BCUT2D eigenvalue weighted by Crippen LogP contribution is 2.22. The first-order valence-corrected chi connectivity index (χ1v) is 5.10. The van der Waals surface area contributed by atoms with Crippen molar-refractivity contribution in [2.24, 2.45) is 0 Å². The van der Waals surface area contributed by atoms with Crippen molar-refractivity contribution in [2.45, 2.75) is 24.9 Å². The van der Waals surface area contributed by atoms with Crippen LogP contribution in [0.4, 0.5) is 8.78 Å². The summed E-state index contributed by atoms with van der Waals surface area (Å²) in [5.74, 6) is -5.67. The summed E-state index contributed by atoms with van der Waals surface area (Å²) >= 11 is 1.46. The van der Waals surface area contributed by atoms with E-state index in [-0.39, 0.29) is 6.42 Å². The summed E-state index contributed by atoms with van der Waals surface area (Å²) in [5.41, 5.74) is 0. The molecule has 0 bridgehead atoms. The topological polar surface area (TPSA) is 57.5 Å². The van der Waals surface area contributed by atoms with E-state index >= 15 is 0 Å². The number of aliphatic carboxylic acids is 1. The standard InChI is InChI=1S/C7H12F2O3S/c1-13-4-2-3-5(10)7(8,9)6(11)12/h5,10H,2-4H2,1H3,(H,11,12). The van der Waals surface area contributed by atoms with Gasteiger partial charge in [-0.3, -0.25) is 0 Å². The van der Waals surface area contributed by atoms with Gasteiger partial charge in [0.05, 0.1) is 0 Å². The van der Waals surface area contributed by atoms with E-state index in [4.69, 9.17) is 10.2 Å². The van der Waals surface area contributed by atoms with Crippen molar-refractivity contribution in [1.29, 1.82) is 0 Å². The van der Waals surface area contributed by atoms with Crippen LogP contribution in [0.5, 0.6) is 0 Å². The molecule has 0 amide bonds. The number of carboxylic acids is 1. The highest BCUT2D eigenvalue weighted by atomic mass is 32.2. The van der Waals surface area contributed by atoms with Crippen molar-refractivity contribution in [1.82, 2.24) is 0 Å². The largest absolute Gasteiger partial charge is 0.477 e. The molecular formula is C7H12F2O3S. The number of aliphatic hydroxyl groups excluding tert-OH is 1. The molecule has 0 saturated carbocycles. The summed E-state index contributed by atoms with van der Waals surface area (Å²) in [6, 6.07) is 0. The van der Waals surface area contributed by atoms with Gasteiger partial charge in [-0.2, -0.15) is 20.5 Å². The van der Waals surface area contributed by atoms with Gasteiger partial charge in [-0.1, -0.05) is 0 Å². The van der Waals surface area contributed by atoms with E-state index in [9.17, 15) is 13.6 Å². The zero-order valence-corrected chi connectivity index (χ0v) is 7.98. The van der Waals surface area contributed by atoms with Gasteiger partial charge in [0, 0.05) is 0 Å². The first-order valence-electron chi connectivity index (χ1n) is 3.71. The van der Waals surface area contributed by atoms with E-state index in [2.05, 4.69) is 0 Å². The Bertz CT molecular complexity index is 175. The molecule has 0 saturated heterocycles. The highest BCUT2D eigenvalue weighted by Gasteiger charge is 2.46. The van der Waals surface area contributed by atoms with Crippen LogP contribution < -0.4 is 0 Å². The molecule has 0 rings (SSSR count). The maximum Gasteiger partial charge on any atom is 0.377 e. The Morgan fingerprint density at radius 3 is 2.54 bits per heavy atom. The number of hydrogen-bond acceptors (Lipinski definition) is 3. The number of rotatable bonds is 6. The molecule has 0 fully saturated rings. The molecule has 0 aromatic rings. The Kier molecular flexibility index (Phi) is 5.24. The molecule has 1 atom stereocenters. The van der Waals surface area contributed by atoms with Crippen LogP contribution in [0.25, 0.3) is 0 Å². The maximum atomic E-state index is 12.5.